The third-order valence-electron chi connectivity index (χ3n) is 1.11. The Hall–Kier alpha value is -0.830. The number of hydrogen-bond donors (Lipinski definition) is 1. The highest BCUT2D eigenvalue weighted by atomic mass is 16.3. The summed E-state index contributed by atoms with van der Waals surface area (Å²) in [4.78, 5) is 3.77. The molecule has 0 aliphatic heterocycles. The minimum absolute atomic E-state index is 0.709. The molecule has 3 heteroatoms. The van der Waals surface area contributed by atoms with Gasteiger partial charge in [-0.1, -0.05) is 0 Å². The Morgan fingerprint density at radius 1 is 1.67 bits per heavy atom. The third kappa shape index (κ3) is 1.85. The maximum absolute atomic E-state index is 5.28. The first-order valence-electron chi connectivity index (χ1n) is 3.01. The van der Waals surface area contributed by atoms with Gasteiger partial charge in [-0.3, -0.25) is 0 Å². The summed E-state index contributed by atoms with van der Waals surface area (Å²) in [6, 6.07) is 0. The Morgan fingerprint density at radius 3 is 3.11 bits per heavy atom. The Kier molecular flexibility index (Phi) is 2.27. The van der Waals surface area contributed by atoms with Crippen molar-refractivity contribution >= 4 is 0 Å². The van der Waals surface area contributed by atoms with Crippen LogP contribution >= 0.6 is 0 Å². The number of nitrogens with two attached hydrogens (primary N) is 1. The molecule has 0 spiro atoms. The summed E-state index contributed by atoms with van der Waals surface area (Å²) >= 11 is 0. The zero-order valence-electron chi connectivity index (χ0n) is 5.21. The lowest BCUT2D eigenvalue weighted by atomic mass is 10.3. The largest absolute Gasteiger partial charge is 0.449 e. The van der Waals surface area contributed by atoms with E-state index in [4.69, 9.17) is 10.2 Å². The van der Waals surface area contributed by atoms with Crippen molar-refractivity contribution in [2.75, 3.05) is 6.54 Å². The summed E-state index contributed by atoms with van der Waals surface area (Å²) in [5, 5.41) is 0. The number of aromatic nitrogens is 1. The van der Waals surface area contributed by atoms with Gasteiger partial charge in [0.1, 0.15) is 5.76 Å². The smallest absolute Gasteiger partial charge is 0.180 e. The van der Waals surface area contributed by atoms with Crippen molar-refractivity contribution in [2.24, 2.45) is 5.73 Å². The standard InChI is InChI=1S/C6H10N2O/c7-3-1-2-6-4-8-5-9-6/h4-5H,1-3,7H2. The molecule has 1 rings (SSSR count). The maximum atomic E-state index is 5.28. The van der Waals surface area contributed by atoms with Crippen molar-refractivity contribution in [1.82, 2.24) is 4.98 Å². The molecule has 2 N–H and O–H groups in total. The van der Waals surface area contributed by atoms with Crippen molar-refractivity contribution in [3.05, 3.63) is 18.4 Å². The monoisotopic (exact) mass is 126 g/mol. The average molecular weight is 126 g/mol. The second-order valence-corrected chi connectivity index (χ2v) is 1.86. The van der Waals surface area contributed by atoms with E-state index in [0.717, 1.165) is 18.6 Å². The van der Waals surface area contributed by atoms with Gasteiger partial charge in [0.2, 0.25) is 0 Å². The highest BCUT2D eigenvalue weighted by Gasteiger charge is 1.92. The van der Waals surface area contributed by atoms with Gasteiger partial charge in [0.25, 0.3) is 0 Å². The highest BCUT2D eigenvalue weighted by Crippen LogP contribution is 1.98. The fourth-order valence-corrected chi connectivity index (χ4v) is 0.642. The summed E-state index contributed by atoms with van der Waals surface area (Å²) in [7, 11) is 0. The van der Waals surface area contributed by atoms with Crippen LogP contribution in [0.15, 0.2) is 17.0 Å². The van der Waals surface area contributed by atoms with Crippen LogP contribution < -0.4 is 5.73 Å². The molecule has 0 amide bonds. The van der Waals surface area contributed by atoms with Gasteiger partial charge >= 0.3 is 0 Å². The fourth-order valence-electron chi connectivity index (χ4n) is 0.642. The van der Waals surface area contributed by atoms with Crippen LogP contribution in [0, 0.1) is 0 Å². The molecule has 0 radical (unpaired) electrons. The van der Waals surface area contributed by atoms with Crippen LogP contribution in [-0.4, -0.2) is 11.5 Å². The summed E-state index contributed by atoms with van der Waals surface area (Å²) in [6.07, 6.45) is 5.02. The molecule has 0 aliphatic carbocycles. The molecule has 1 heterocycles. The topological polar surface area (TPSA) is 52.0 Å². The molecule has 1 aromatic heterocycles. The molecule has 9 heavy (non-hydrogen) atoms. The van der Waals surface area contributed by atoms with Crippen LogP contribution in [0.25, 0.3) is 0 Å². The molecule has 0 aromatic carbocycles. The van der Waals surface area contributed by atoms with E-state index in [0.29, 0.717) is 6.54 Å². The van der Waals surface area contributed by atoms with Crippen molar-refractivity contribution in [1.29, 1.82) is 0 Å². The second kappa shape index (κ2) is 3.25. The van der Waals surface area contributed by atoms with E-state index >= 15 is 0 Å². The van der Waals surface area contributed by atoms with E-state index in [1.54, 1.807) is 6.20 Å². The first-order valence-corrected chi connectivity index (χ1v) is 3.01. The molecular formula is C6H10N2O. The normalized spacial score (nSPS) is 9.89. The van der Waals surface area contributed by atoms with Crippen molar-refractivity contribution in [2.45, 2.75) is 12.8 Å². The lowest BCUT2D eigenvalue weighted by Gasteiger charge is -1.89. The van der Waals surface area contributed by atoms with Crippen molar-refractivity contribution < 1.29 is 4.42 Å². The Balaban J connectivity index is 2.30. The zero-order valence-corrected chi connectivity index (χ0v) is 5.21. The van der Waals surface area contributed by atoms with Gasteiger partial charge in [-0.15, -0.1) is 0 Å². The molecule has 0 fully saturated rings. The van der Waals surface area contributed by atoms with Crippen LogP contribution in [0.4, 0.5) is 0 Å². The predicted molar refractivity (Wildman–Crippen MR) is 33.9 cm³/mol. The summed E-state index contributed by atoms with van der Waals surface area (Å²) in [6.45, 7) is 0.709. The quantitative estimate of drug-likeness (QED) is 0.644. The molecule has 0 saturated carbocycles. The molecule has 0 bridgehead atoms. The van der Waals surface area contributed by atoms with E-state index < -0.39 is 0 Å². The molecule has 0 atom stereocenters. The minimum atomic E-state index is 0.709. The number of nitrogens with zero attached hydrogens (tertiary/aromatic N) is 1. The second-order valence-electron chi connectivity index (χ2n) is 1.86. The molecule has 0 aliphatic rings. The summed E-state index contributed by atoms with van der Waals surface area (Å²) in [5.41, 5.74) is 5.28. The molecule has 1 aromatic rings. The van der Waals surface area contributed by atoms with Crippen LogP contribution in [0.2, 0.25) is 0 Å². The van der Waals surface area contributed by atoms with Crippen LogP contribution in [0.5, 0.6) is 0 Å². The Labute approximate surface area is 53.9 Å². The van der Waals surface area contributed by atoms with Gasteiger partial charge < -0.3 is 10.2 Å². The number of rotatable bonds is 3. The van der Waals surface area contributed by atoms with Gasteiger partial charge in [0, 0.05) is 6.42 Å². The van der Waals surface area contributed by atoms with E-state index in [2.05, 4.69) is 4.98 Å². The van der Waals surface area contributed by atoms with Gasteiger partial charge in [-0.2, -0.15) is 0 Å². The van der Waals surface area contributed by atoms with Crippen LogP contribution in [0.1, 0.15) is 12.2 Å². The third-order valence-corrected chi connectivity index (χ3v) is 1.11. The summed E-state index contributed by atoms with van der Waals surface area (Å²) < 4.78 is 4.97. The fraction of sp³-hybridized carbons (Fsp3) is 0.500. The Morgan fingerprint density at radius 2 is 2.56 bits per heavy atom. The van der Waals surface area contributed by atoms with Crippen LogP contribution in [0.3, 0.4) is 0 Å². The predicted octanol–water partition coefficient (Wildman–Crippen LogP) is 0.566. The summed E-state index contributed by atoms with van der Waals surface area (Å²) in [5.74, 6) is 0.917. The number of hydrogen-bond acceptors (Lipinski definition) is 3. The van der Waals surface area contributed by atoms with E-state index in [1.165, 1.54) is 6.39 Å². The van der Waals surface area contributed by atoms with Gasteiger partial charge in [0.05, 0.1) is 6.20 Å². The lowest BCUT2D eigenvalue weighted by molar-refractivity contribution is 0.498. The van der Waals surface area contributed by atoms with E-state index in [1.807, 2.05) is 0 Å². The molecular weight excluding hydrogens is 116 g/mol. The number of aryl methyl sites for hydroxylation is 1. The lowest BCUT2D eigenvalue weighted by Crippen LogP contribution is -1.99. The Bertz CT molecular complexity index is 148. The van der Waals surface area contributed by atoms with Gasteiger partial charge in [-0.25, -0.2) is 4.98 Å². The SMILES string of the molecule is NCCCc1cnco1. The molecule has 3 nitrogen and oxygen atoms in total. The first-order chi connectivity index (χ1) is 4.43. The van der Waals surface area contributed by atoms with Crippen molar-refractivity contribution in [3.8, 4) is 0 Å². The zero-order chi connectivity index (χ0) is 6.53. The first kappa shape index (κ1) is 6.29. The molecule has 0 saturated heterocycles. The van der Waals surface area contributed by atoms with Crippen molar-refractivity contribution in [3.63, 3.8) is 0 Å². The number of oxazole rings is 1. The average Bonchev–Trinajstić information content (AvgIpc) is 2.34. The van der Waals surface area contributed by atoms with Gasteiger partial charge in [0.15, 0.2) is 6.39 Å². The minimum Gasteiger partial charge on any atom is -0.449 e. The maximum Gasteiger partial charge on any atom is 0.180 e. The van der Waals surface area contributed by atoms with E-state index in [9.17, 15) is 0 Å². The highest BCUT2D eigenvalue weighted by molar-refractivity contribution is 4.87. The van der Waals surface area contributed by atoms with Crippen LogP contribution in [-0.2, 0) is 6.42 Å². The van der Waals surface area contributed by atoms with Gasteiger partial charge in [-0.05, 0) is 13.0 Å². The molecule has 0 unspecified atom stereocenters. The van der Waals surface area contributed by atoms with E-state index in [-0.39, 0.29) is 0 Å². The molecule has 50 valence electrons.